The van der Waals surface area contributed by atoms with Gasteiger partial charge in [-0.15, -0.1) is 11.3 Å². The van der Waals surface area contributed by atoms with Crippen LogP contribution in [0.15, 0.2) is 9.30 Å². The van der Waals surface area contributed by atoms with Crippen LogP contribution in [0.1, 0.15) is 5.69 Å². The van der Waals surface area contributed by atoms with Gasteiger partial charge in [-0.2, -0.15) is 0 Å². The minimum Gasteiger partial charge on any atom is -0.388 e. The van der Waals surface area contributed by atoms with Crippen molar-refractivity contribution in [2.75, 3.05) is 0 Å². The molecule has 0 saturated heterocycles. The van der Waals surface area contributed by atoms with Crippen molar-refractivity contribution < 1.29 is 0 Å². The van der Waals surface area contributed by atoms with Crippen molar-refractivity contribution in [2.45, 2.75) is 0 Å². The number of aromatic nitrogens is 1. The second kappa shape index (κ2) is 2.72. The molecule has 2 nitrogen and oxygen atoms in total. The maximum absolute atomic E-state index is 5.28. The molecule has 0 unspecified atom stereocenters. The molecule has 0 aromatic carbocycles. The lowest BCUT2D eigenvalue weighted by Gasteiger charge is -1.84. The lowest BCUT2D eigenvalue weighted by atomic mass is 10.5. The molecule has 0 spiro atoms. The number of nitrogens with zero attached hydrogens (tertiary/aromatic N) is 1. The van der Waals surface area contributed by atoms with E-state index >= 15 is 0 Å². The van der Waals surface area contributed by atoms with Crippen LogP contribution < -0.4 is 5.73 Å². The zero-order chi connectivity index (χ0) is 6.85. The van der Waals surface area contributed by atoms with Crippen LogP contribution in [0, 0.1) is 0 Å². The van der Waals surface area contributed by atoms with Crippen LogP contribution in [0.4, 0.5) is 0 Å². The fourth-order valence-corrected chi connectivity index (χ4v) is 1.56. The Balaban J connectivity index is 2.98. The first kappa shape index (κ1) is 7.11. The Labute approximate surface area is 70.2 Å². The number of nitrogens with two attached hydrogens (primary N) is 1. The third kappa shape index (κ3) is 1.70. The number of thiocarbonyl (C=S) groups is 1. The van der Waals surface area contributed by atoms with Gasteiger partial charge in [-0.25, -0.2) is 4.98 Å². The van der Waals surface area contributed by atoms with Gasteiger partial charge >= 0.3 is 0 Å². The van der Waals surface area contributed by atoms with Crippen LogP contribution in [-0.2, 0) is 0 Å². The summed E-state index contributed by atoms with van der Waals surface area (Å²) in [6, 6.07) is 0. The Morgan fingerprint density at radius 2 is 2.56 bits per heavy atom. The Morgan fingerprint density at radius 3 is 2.78 bits per heavy atom. The van der Waals surface area contributed by atoms with Crippen LogP contribution in [-0.4, -0.2) is 9.97 Å². The third-order valence-electron chi connectivity index (χ3n) is 0.729. The van der Waals surface area contributed by atoms with E-state index in [4.69, 9.17) is 5.73 Å². The molecule has 5 heteroatoms. The summed E-state index contributed by atoms with van der Waals surface area (Å²) in [6.07, 6.45) is 0. The summed E-state index contributed by atoms with van der Waals surface area (Å²) in [5.41, 5.74) is 5.96. The minimum atomic E-state index is 0.344. The molecule has 0 fully saturated rings. The molecule has 0 saturated carbocycles. The molecule has 1 rings (SSSR count). The van der Waals surface area contributed by atoms with Crippen molar-refractivity contribution >= 4 is 44.5 Å². The number of hydrogen-bond donors (Lipinski definition) is 1. The van der Waals surface area contributed by atoms with Crippen LogP contribution in [0.25, 0.3) is 0 Å². The topological polar surface area (TPSA) is 38.9 Å². The first-order valence-corrected chi connectivity index (χ1v) is 4.19. The molecular weight excluding hydrogens is 220 g/mol. The number of halogens is 1. The van der Waals surface area contributed by atoms with Crippen molar-refractivity contribution in [3.8, 4) is 0 Å². The highest BCUT2D eigenvalue weighted by Crippen LogP contribution is 2.15. The van der Waals surface area contributed by atoms with E-state index in [9.17, 15) is 0 Å². The van der Waals surface area contributed by atoms with Gasteiger partial charge in [0, 0.05) is 5.38 Å². The quantitative estimate of drug-likeness (QED) is 0.734. The van der Waals surface area contributed by atoms with Crippen molar-refractivity contribution in [2.24, 2.45) is 5.73 Å². The summed E-state index contributed by atoms with van der Waals surface area (Å²) in [4.78, 5) is 4.32. The summed E-state index contributed by atoms with van der Waals surface area (Å²) < 4.78 is 0.810. The molecule has 0 atom stereocenters. The molecular formula is C4H3BrN2S2. The van der Waals surface area contributed by atoms with Gasteiger partial charge in [0.15, 0.2) is 3.92 Å². The van der Waals surface area contributed by atoms with Crippen LogP contribution in [0.5, 0.6) is 0 Å². The van der Waals surface area contributed by atoms with Crippen LogP contribution in [0.2, 0.25) is 0 Å². The Bertz CT molecular complexity index is 232. The Kier molecular flexibility index (Phi) is 2.15. The Hall–Kier alpha value is -0.0000000000000000555. The number of hydrogen-bond acceptors (Lipinski definition) is 3. The summed E-state index contributed by atoms with van der Waals surface area (Å²) in [5.74, 6) is 0. The fourth-order valence-electron chi connectivity index (χ4n) is 0.365. The van der Waals surface area contributed by atoms with Gasteiger partial charge in [0.05, 0.1) is 0 Å². The predicted molar refractivity (Wildman–Crippen MR) is 45.7 cm³/mol. The van der Waals surface area contributed by atoms with Gasteiger partial charge in [0.1, 0.15) is 10.7 Å². The molecule has 0 radical (unpaired) electrons. The van der Waals surface area contributed by atoms with Gasteiger partial charge in [0.2, 0.25) is 0 Å². The zero-order valence-electron chi connectivity index (χ0n) is 4.30. The van der Waals surface area contributed by atoms with E-state index in [-0.39, 0.29) is 0 Å². The second-order valence-electron chi connectivity index (χ2n) is 1.35. The average Bonchev–Trinajstić information content (AvgIpc) is 2.14. The zero-order valence-corrected chi connectivity index (χ0v) is 7.52. The first-order chi connectivity index (χ1) is 4.20. The summed E-state index contributed by atoms with van der Waals surface area (Å²) in [6.45, 7) is 0. The smallest absolute Gasteiger partial charge is 0.159 e. The first-order valence-electron chi connectivity index (χ1n) is 2.11. The highest BCUT2D eigenvalue weighted by molar-refractivity contribution is 9.11. The summed E-state index contributed by atoms with van der Waals surface area (Å²) in [7, 11) is 0. The molecule has 1 aromatic heterocycles. The van der Waals surface area contributed by atoms with Gasteiger partial charge < -0.3 is 5.73 Å². The predicted octanol–water partition coefficient (Wildman–Crippen LogP) is 1.54. The second-order valence-corrected chi connectivity index (χ2v) is 3.92. The van der Waals surface area contributed by atoms with E-state index in [0.29, 0.717) is 10.7 Å². The number of thiazole rings is 1. The molecule has 0 aliphatic rings. The molecule has 48 valence electrons. The van der Waals surface area contributed by atoms with Gasteiger partial charge in [-0.3, -0.25) is 0 Å². The van der Waals surface area contributed by atoms with E-state index in [1.807, 2.05) is 5.38 Å². The van der Waals surface area contributed by atoms with E-state index in [0.717, 1.165) is 3.92 Å². The highest BCUT2D eigenvalue weighted by Gasteiger charge is 1.99. The van der Waals surface area contributed by atoms with E-state index in [1.54, 1.807) is 0 Å². The van der Waals surface area contributed by atoms with Crippen molar-refractivity contribution in [3.05, 3.63) is 15.0 Å². The molecule has 1 aromatic rings. The van der Waals surface area contributed by atoms with Crippen LogP contribution >= 0.6 is 39.5 Å². The average molecular weight is 223 g/mol. The third-order valence-corrected chi connectivity index (χ3v) is 2.30. The molecule has 1 heterocycles. The van der Waals surface area contributed by atoms with Gasteiger partial charge in [-0.1, -0.05) is 12.2 Å². The van der Waals surface area contributed by atoms with Gasteiger partial charge in [-0.05, 0) is 15.9 Å². The lowest BCUT2D eigenvalue weighted by Crippen LogP contribution is -2.09. The molecule has 9 heavy (non-hydrogen) atoms. The van der Waals surface area contributed by atoms with E-state index < -0.39 is 0 Å². The van der Waals surface area contributed by atoms with Gasteiger partial charge in [0.25, 0.3) is 0 Å². The molecule has 2 N–H and O–H groups in total. The summed E-state index contributed by atoms with van der Waals surface area (Å²) >= 11 is 9.34. The normalized spacial score (nSPS) is 9.44. The maximum atomic E-state index is 5.28. The van der Waals surface area contributed by atoms with Crippen molar-refractivity contribution in [1.29, 1.82) is 0 Å². The minimum absolute atomic E-state index is 0.344. The fraction of sp³-hybridized carbons (Fsp3) is 0. The van der Waals surface area contributed by atoms with Crippen molar-refractivity contribution in [1.82, 2.24) is 4.98 Å². The monoisotopic (exact) mass is 222 g/mol. The lowest BCUT2D eigenvalue weighted by molar-refractivity contribution is 1.34. The Morgan fingerprint density at radius 1 is 1.89 bits per heavy atom. The van der Waals surface area contributed by atoms with E-state index in [2.05, 4.69) is 33.1 Å². The molecule has 0 bridgehead atoms. The SMILES string of the molecule is NC(=S)c1csc(Br)n1. The summed E-state index contributed by atoms with van der Waals surface area (Å²) in [5, 5.41) is 1.81. The highest BCUT2D eigenvalue weighted by atomic mass is 79.9. The largest absolute Gasteiger partial charge is 0.388 e. The standard InChI is InChI=1S/C4H3BrN2S2/c5-4-7-2(1-9-4)3(6)8/h1H,(H2,6,8). The van der Waals surface area contributed by atoms with Crippen LogP contribution in [0.3, 0.4) is 0 Å². The van der Waals surface area contributed by atoms with Crippen molar-refractivity contribution in [3.63, 3.8) is 0 Å². The van der Waals surface area contributed by atoms with E-state index in [1.165, 1.54) is 11.3 Å². The number of rotatable bonds is 1. The maximum Gasteiger partial charge on any atom is 0.159 e. The molecule has 0 aliphatic heterocycles. The molecule has 0 aliphatic carbocycles. The molecule has 0 amide bonds.